The number of carbonyl (C=O) groups is 2. The zero-order chi connectivity index (χ0) is 23.7. The van der Waals surface area contributed by atoms with Crippen LogP contribution in [-0.4, -0.2) is 62.2 Å². The first-order valence-electron chi connectivity index (χ1n) is 11.1. The Bertz CT molecular complexity index is 1250. The van der Waals surface area contributed by atoms with Gasteiger partial charge in [-0.1, -0.05) is 38.1 Å². The lowest BCUT2D eigenvalue weighted by Crippen LogP contribution is -2.38. The number of fused-ring (bicyclic) bond motifs is 1. The van der Waals surface area contributed by atoms with Gasteiger partial charge in [-0.3, -0.25) is 14.0 Å². The molecule has 8 heteroatoms. The van der Waals surface area contributed by atoms with Gasteiger partial charge in [-0.25, -0.2) is 9.37 Å². The Morgan fingerprint density at radius 2 is 1.82 bits per heavy atom. The number of aryl methyl sites for hydroxylation is 1. The average Bonchev–Trinajstić information content (AvgIpc) is 3.28. The van der Waals surface area contributed by atoms with E-state index in [2.05, 4.69) is 9.88 Å². The van der Waals surface area contributed by atoms with Gasteiger partial charge in [-0.2, -0.15) is 0 Å². The van der Waals surface area contributed by atoms with Crippen molar-refractivity contribution in [3.63, 3.8) is 0 Å². The van der Waals surface area contributed by atoms with E-state index in [1.54, 1.807) is 47.9 Å². The summed E-state index contributed by atoms with van der Waals surface area (Å²) >= 11 is 0. The molecule has 0 radical (unpaired) electrons. The Morgan fingerprint density at radius 3 is 2.52 bits per heavy atom. The number of nitrogens with zero attached hydrogens (tertiary/aromatic N) is 4. The Labute approximate surface area is 191 Å². The summed E-state index contributed by atoms with van der Waals surface area (Å²) in [4.78, 5) is 34.2. The fourth-order valence-electron chi connectivity index (χ4n) is 4.45. The second kappa shape index (κ2) is 9.15. The Morgan fingerprint density at radius 1 is 1.12 bits per heavy atom. The van der Waals surface area contributed by atoms with E-state index in [9.17, 15) is 19.1 Å². The Hall–Kier alpha value is -3.52. The predicted molar refractivity (Wildman–Crippen MR) is 123 cm³/mol. The van der Waals surface area contributed by atoms with Gasteiger partial charge >= 0.3 is 0 Å². The Balaban J connectivity index is 1.90. The van der Waals surface area contributed by atoms with Crippen molar-refractivity contribution < 1.29 is 19.1 Å². The first-order valence-corrected chi connectivity index (χ1v) is 11.1. The summed E-state index contributed by atoms with van der Waals surface area (Å²) in [5.41, 5.74) is 1.45. The highest BCUT2D eigenvalue weighted by atomic mass is 19.1. The number of carbonyl (C=O) groups excluding carboxylic acids is 2. The van der Waals surface area contributed by atoms with E-state index in [4.69, 9.17) is 0 Å². The number of Topliss-reactive ketones (excluding diaryl/α,β-unsaturated/α-hetero) is 1. The fraction of sp³-hybridized carbons (Fsp3) is 0.320. The molecule has 0 aliphatic carbocycles. The number of rotatable bonds is 7. The molecular formula is C25H27FN4O3. The van der Waals surface area contributed by atoms with Crippen molar-refractivity contribution in [2.24, 2.45) is 0 Å². The van der Waals surface area contributed by atoms with Crippen molar-refractivity contribution in [2.45, 2.75) is 26.8 Å². The monoisotopic (exact) mass is 450 g/mol. The molecule has 7 nitrogen and oxygen atoms in total. The molecule has 0 saturated carbocycles. The second-order valence-electron chi connectivity index (χ2n) is 8.02. The minimum absolute atomic E-state index is 0.126. The van der Waals surface area contributed by atoms with Crippen LogP contribution in [0.3, 0.4) is 0 Å². The van der Waals surface area contributed by atoms with E-state index >= 15 is 0 Å². The summed E-state index contributed by atoms with van der Waals surface area (Å²) in [5, 5.41) is 11.4. The van der Waals surface area contributed by atoms with Crippen LogP contribution in [-0.2, 0) is 9.59 Å². The molecule has 3 aromatic rings. The number of pyridine rings is 1. The minimum Gasteiger partial charge on any atom is -0.505 e. The molecule has 1 aliphatic rings. The Kier molecular flexibility index (Phi) is 6.29. The minimum atomic E-state index is -1.03. The molecule has 1 N–H and O–H groups in total. The first kappa shape index (κ1) is 22.7. The molecule has 0 spiro atoms. The number of likely N-dealkylation sites (N-methyl/N-ethyl adjacent to an activating group) is 1. The highest BCUT2D eigenvalue weighted by molar-refractivity contribution is 6.46. The number of aliphatic hydroxyl groups is 1. The number of likely N-dealkylation sites (tertiary alicyclic amines) is 1. The lowest BCUT2D eigenvalue weighted by atomic mass is 9.96. The molecule has 0 bridgehead atoms. The number of amides is 1. The molecule has 172 valence electrons. The normalized spacial score (nSPS) is 18.1. The number of ketones is 1. The van der Waals surface area contributed by atoms with Crippen molar-refractivity contribution in [1.29, 1.82) is 0 Å². The maximum Gasteiger partial charge on any atom is 0.295 e. The molecule has 1 aromatic carbocycles. The summed E-state index contributed by atoms with van der Waals surface area (Å²) in [6, 6.07) is 10.4. The zero-order valence-corrected chi connectivity index (χ0v) is 19.0. The zero-order valence-electron chi connectivity index (χ0n) is 19.0. The van der Waals surface area contributed by atoms with Gasteiger partial charge in [-0.05, 0) is 38.2 Å². The number of imidazole rings is 1. The van der Waals surface area contributed by atoms with Gasteiger partial charge in [0, 0.05) is 24.8 Å². The highest BCUT2D eigenvalue weighted by Gasteiger charge is 2.47. The van der Waals surface area contributed by atoms with Gasteiger partial charge in [0.1, 0.15) is 17.2 Å². The molecule has 1 aliphatic heterocycles. The summed E-state index contributed by atoms with van der Waals surface area (Å²) in [6.07, 6.45) is 1.72. The van der Waals surface area contributed by atoms with Crippen LogP contribution < -0.4 is 0 Å². The standard InChI is InChI=1S/C25H27FN4O3/c1-4-28(5-2)14-15-30-22(17-10-6-7-11-18(17)26)20(24(32)25(30)33)23(31)21-16(3)27-19-12-8-9-13-29(19)21/h6-13,22,31H,4-5,14-15H2,1-3H3/b23-20+. The van der Waals surface area contributed by atoms with Gasteiger partial charge < -0.3 is 14.9 Å². The lowest BCUT2D eigenvalue weighted by molar-refractivity contribution is -0.140. The predicted octanol–water partition coefficient (Wildman–Crippen LogP) is 3.55. The number of aromatic nitrogens is 2. The third-order valence-corrected chi connectivity index (χ3v) is 6.22. The molecule has 1 saturated heterocycles. The smallest absolute Gasteiger partial charge is 0.295 e. The largest absolute Gasteiger partial charge is 0.505 e. The number of benzene rings is 1. The van der Waals surface area contributed by atoms with Gasteiger partial charge in [0.15, 0.2) is 5.76 Å². The maximum absolute atomic E-state index is 14.9. The third kappa shape index (κ3) is 3.91. The van der Waals surface area contributed by atoms with Crippen molar-refractivity contribution >= 4 is 23.1 Å². The number of halogens is 1. The van der Waals surface area contributed by atoms with Crippen molar-refractivity contribution in [3.8, 4) is 0 Å². The molecule has 4 rings (SSSR count). The van der Waals surface area contributed by atoms with Crippen molar-refractivity contribution in [2.75, 3.05) is 26.2 Å². The maximum atomic E-state index is 14.9. The van der Waals surface area contributed by atoms with Crippen molar-refractivity contribution in [3.05, 3.63) is 77.0 Å². The second-order valence-corrected chi connectivity index (χ2v) is 8.02. The van der Waals surface area contributed by atoms with Crippen LogP contribution in [0.4, 0.5) is 4.39 Å². The van der Waals surface area contributed by atoms with Crippen LogP contribution in [0.2, 0.25) is 0 Å². The van der Waals surface area contributed by atoms with E-state index in [-0.39, 0.29) is 23.4 Å². The lowest BCUT2D eigenvalue weighted by Gasteiger charge is -2.28. The van der Waals surface area contributed by atoms with E-state index in [0.29, 0.717) is 23.6 Å². The molecule has 1 unspecified atom stereocenters. The molecule has 1 fully saturated rings. The fourth-order valence-corrected chi connectivity index (χ4v) is 4.45. The van der Waals surface area contributed by atoms with Crippen LogP contribution in [0.1, 0.15) is 36.8 Å². The molecule has 3 heterocycles. The highest BCUT2D eigenvalue weighted by Crippen LogP contribution is 2.40. The van der Waals surface area contributed by atoms with Gasteiger partial charge in [0.05, 0.1) is 17.3 Å². The van der Waals surface area contributed by atoms with Crippen LogP contribution in [0, 0.1) is 12.7 Å². The van der Waals surface area contributed by atoms with Crippen LogP contribution in [0.25, 0.3) is 11.4 Å². The molecule has 1 atom stereocenters. The van der Waals surface area contributed by atoms with E-state index in [0.717, 1.165) is 13.1 Å². The quantitative estimate of drug-likeness (QED) is 0.338. The molecular weight excluding hydrogens is 423 g/mol. The topological polar surface area (TPSA) is 78.2 Å². The van der Waals surface area contributed by atoms with Crippen LogP contribution in [0.15, 0.2) is 54.2 Å². The summed E-state index contributed by atoms with van der Waals surface area (Å²) < 4.78 is 16.6. The summed E-state index contributed by atoms with van der Waals surface area (Å²) in [5.74, 6) is -2.48. The third-order valence-electron chi connectivity index (χ3n) is 6.22. The number of hydrogen-bond acceptors (Lipinski definition) is 5. The average molecular weight is 451 g/mol. The molecule has 2 aromatic heterocycles. The van der Waals surface area contributed by atoms with Gasteiger partial charge in [0.2, 0.25) is 0 Å². The van der Waals surface area contributed by atoms with Gasteiger partial charge in [-0.15, -0.1) is 0 Å². The van der Waals surface area contributed by atoms with E-state index in [1.165, 1.54) is 11.0 Å². The summed E-state index contributed by atoms with van der Waals surface area (Å²) in [7, 11) is 0. The van der Waals surface area contributed by atoms with Crippen LogP contribution >= 0.6 is 0 Å². The van der Waals surface area contributed by atoms with E-state index < -0.39 is 23.5 Å². The van der Waals surface area contributed by atoms with Gasteiger partial charge in [0.25, 0.3) is 11.7 Å². The molecule has 1 amide bonds. The van der Waals surface area contributed by atoms with Crippen molar-refractivity contribution in [1.82, 2.24) is 19.2 Å². The number of aliphatic hydroxyl groups excluding tert-OH is 1. The number of hydrogen-bond donors (Lipinski definition) is 1. The SMILES string of the molecule is CCN(CC)CCN1C(=O)C(=O)/C(=C(/O)c2c(C)nc3ccccn23)C1c1ccccc1F. The van der Waals surface area contributed by atoms with E-state index in [1.807, 2.05) is 19.9 Å². The van der Waals surface area contributed by atoms with Crippen LogP contribution in [0.5, 0.6) is 0 Å². The molecule has 33 heavy (non-hydrogen) atoms. The first-order chi connectivity index (χ1) is 15.9. The summed E-state index contributed by atoms with van der Waals surface area (Å²) in [6.45, 7) is 8.07.